The van der Waals surface area contributed by atoms with Gasteiger partial charge in [0, 0.05) is 23.9 Å². The van der Waals surface area contributed by atoms with Crippen LogP contribution in [0.15, 0.2) is 36.4 Å². The van der Waals surface area contributed by atoms with Crippen molar-refractivity contribution in [2.24, 2.45) is 11.8 Å². The standard InChI is InChI=1S/C23H25F2NO2/c1-14-3-5-16(11-20(14)24)12-22(27)17-6-8-18(9-7-17)23(28)26-19-10-4-15(2)21(25)13-19/h3-5,10-11,13,17-18H,6-9,12H2,1-2H3,(H,26,28). The van der Waals surface area contributed by atoms with Crippen molar-refractivity contribution in [2.75, 3.05) is 5.32 Å². The lowest BCUT2D eigenvalue weighted by atomic mass is 9.78. The summed E-state index contributed by atoms with van der Waals surface area (Å²) < 4.78 is 27.3. The highest BCUT2D eigenvalue weighted by molar-refractivity contribution is 5.93. The van der Waals surface area contributed by atoms with Crippen LogP contribution in [0.3, 0.4) is 0 Å². The second-order valence-electron chi connectivity index (χ2n) is 7.73. The van der Waals surface area contributed by atoms with Crippen LogP contribution in [0, 0.1) is 37.3 Å². The molecule has 0 heterocycles. The number of aryl methyl sites for hydroxylation is 2. The minimum atomic E-state index is -0.348. The van der Waals surface area contributed by atoms with Gasteiger partial charge in [-0.25, -0.2) is 8.78 Å². The number of nitrogens with one attached hydrogen (secondary N) is 1. The Kier molecular flexibility index (Phi) is 6.22. The Hall–Kier alpha value is -2.56. The second-order valence-corrected chi connectivity index (χ2v) is 7.73. The zero-order valence-corrected chi connectivity index (χ0v) is 16.2. The van der Waals surface area contributed by atoms with E-state index in [1.165, 1.54) is 12.1 Å². The van der Waals surface area contributed by atoms with Crippen LogP contribution in [0.1, 0.15) is 42.4 Å². The number of ketones is 1. The van der Waals surface area contributed by atoms with Gasteiger partial charge in [-0.2, -0.15) is 0 Å². The number of hydrogen-bond acceptors (Lipinski definition) is 2. The fraction of sp³-hybridized carbons (Fsp3) is 0.391. The molecule has 2 aromatic rings. The van der Waals surface area contributed by atoms with Crippen molar-refractivity contribution in [1.29, 1.82) is 0 Å². The molecule has 148 valence electrons. The van der Waals surface area contributed by atoms with Gasteiger partial charge < -0.3 is 5.32 Å². The molecule has 0 saturated heterocycles. The quantitative estimate of drug-likeness (QED) is 0.775. The molecular formula is C23H25F2NO2. The molecule has 0 radical (unpaired) electrons. The SMILES string of the molecule is Cc1ccc(CC(=O)C2CCC(C(=O)Nc3ccc(C)c(F)c3)CC2)cc1F. The number of benzene rings is 2. The van der Waals surface area contributed by atoms with Crippen LogP contribution in [0.5, 0.6) is 0 Å². The van der Waals surface area contributed by atoms with Crippen molar-refractivity contribution < 1.29 is 18.4 Å². The first-order chi connectivity index (χ1) is 13.3. The minimum absolute atomic E-state index is 0.0924. The Morgan fingerprint density at radius 2 is 1.46 bits per heavy atom. The Morgan fingerprint density at radius 3 is 2.07 bits per heavy atom. The van der Waals surface area contributed by atoms with Crippen molar-refractivity contribution >= 4 is 17.4 Å². The highest BCUT2D eigenvalue weighted by Crippen LogP contribution is 2.31. The molecule has 1 aliphatic carbocycles. The second kappa shape index (κ2) is 8.63. The molecule has 0 aliphatic heterocycles. The van der Waals surface area contributed by atoms with E-state index in [9.17, 15) is 18.4 Å². The van der Waals surface area contributed by atoms with Crippen LogP contribution in [0.25, 0.3) is 0 Å². The van der Waals surface area contributed by atoms with E-state index >= 15 is 0 Å². The summed E-state index contributed by atoms with van der Waals surface area (Å²) in [5.74, 6) is -0.939. The van der Waals surface area contributed by atoms with E-state index in [1.54, 1.807) is 38.1 Å². The maximum atomic E-state index is 13.7. The van der Waals surface area contributed by atoms with Gasteiger partial charge in [0.1, 0.15) is 17.4 Å². The summed E-state index contributed by atoms with van der Waals surface area (Å²) in [4.78, 5) is 25.0. The van der Waals surface area contributed by atoms with Gasteiger partial charge in [-0.15, -0.1) is 0 Å². The minimum Gasteiger partial charge on any atom is -0.326 e. The molecule has 0 unspecified atom stereocenters. The van der Waals surface area contributed by atoms with E-state index in [1.807, 2.05) is 0 Å². The van der Waals surface area contributed by atoms with Crippen LogP contribution >= 0.6 is 0 Å². The van der Waals surface area contributed by atoms with Crippen molar-refractivity contribution in [3.05, 3.63) is 64.7 Å². The number of Topliss-reactive ketones (excluding diaryl/α,β-unsaturated/α-hetero) is 1. The topological polar surface area (TPSA) is 46.2 Å². The first kappa shape index (κ1) is 20.2. The van der Waals surface area contributed by atoms with Crippen molar-refractivity contribution in [3.8, 4) is 0 Å². The van der Waals surface area contributed by atoms with Gasteiger partial charge in [0.15, 0.2) is 0 Å². The third-order valence-corrected chi connectivity index (χ3v) is 5.61. The smallest absolute Gasteiger partial charge is 0.227 e. The summed E-state index contributed by atoms with van der Waals surface area (Å²) in [6, 6.07) is 9.54. The molecule has 1 N–H and O–H groups in total. The monoisotopic (exact) mass is 385 g/mol. The summed E-state index contributed by atoms with van der Waals surface area (Å²) in [7, 11) is 0. The molecule has 1 aliphatic rings. The van der Waals surface area contributed by atoms with E-state index in [2.05, 4.69) is 5.32 Å². The number of rotatable bonds is 5. The normalized spacial score (nSPS) is 19.3. The fourth-order valence-electron chi connectivity index (χ4n) is 3.68. The molecule has 28 heavy (non-hydrogen) atoms. The first-order valence-corrected chi connectivity index (χ1v) is 9.68. The summed E-state index contributed by atoms with van der Waals surface area (Å²) >= 11 is 0. The van der Waals surface area contributed by atoms with E-state index in [4.69, 9.17) is 0 Å². The van der Waals surface area contributed by atoms with Gasteiger partial charge in [-0.05, 0) is 74.4 Å². The summed E-state index contributed by atoms with van der Waals surface area (Å²) in [6.07, 6.45) is 2.76. The Labute approximate surface area is 164 Å². The van der Waals surface area contributed by atoms with Crippen LogP contribution in [0.4, 0.5) is 14.5 Å². The van der Waals surface area contributed by atoms with Gasteiger partial charge in [0.2, 0.25) is 5.91 Å². The highest BCUT2D eigenvalue weighted by atomic mass is 19.1. The lowest BCUT2D eigenvalue weighted by Crippen LogP contribution is -2.30. The molecular weight excluding hydrogens is 360 g/mol. The lowest BCUT2D eigenvalue weighted by molar-refractivity contribution is -0.126. The summed E-state index contributed by atoms with van der Waals surface area (Å²) in [5, 5.41) is 2.77. The number of halogens is 2. The largest absolute Gasteiger partial charge is 0.326 e. The van der Waals surface area contributed by atoms with Crippen LogP contribution in [0.2, 0.25) is 0 Å². The third-order valence-electron chi connectivity index (χ3n) is 5.61. The lowest BCUT2D eigenvalue weighted by Gasteiger charge is -2.27. The summed E-state index contributed by atoms with van der Waals surface area (Å²) in [5.41, 5.74) is 2.24. The number of hydrogen-bond donors (Lipinski definition) is 1. The molecule has 0 spiro atoms. The molecule has 1 amide bonds. The predicted molar refractivity (Wildman–Crippen MR) is 105 cm³/mol. The van der Waals surface area contributed by atoms with Crippen LogP contribution in [-0.4, -0.2) is 11.7 Å². The molecule has 3 rings (SSSR count). The van der Waals surface area contributed by atoms with Gasteiger partial charge in [-0.1, -0.05) is 18.2 Å². The van der Waals surface area contributed by atoms with E-state index in [0.29, 0.717) is 48.1 Å². The van der Waals surface area contributed by atoms with Crippen molar-refractivity contribution in [3.63, 3.8) is 0 Å². The maximum absolute atomic E-state index is 13.7. The zero-order valence-electron chi connectivity index (χ0n) is 16.2. The molecule has 0 aromatic heterocycles. The van der Waals surface area contributed by atoms with Crippen molar-refractivity contribution in [1.82, 2.24) is 0 Å². The molecule has 2 aromatic carbocycles. The molecule has 0 atom stereocenters. The van der Waals surface area contributed by atoms with E-state index in [0.717, 1.165) is 0 Å². The fourth-order valence-corrected chi connectivity index (χ4v) is 3.68. The Bertz CT molecular complexity index is 813. The number of carbonyl (C=O) groups excluding carboxylic acids is 2. The van der Waals surface area contributed by atoms with Gasteiger partial charge in [-0.3, -0.25) is 9.59 Å². The van der Waals surface area contributed by atoms with E-state index < -0.39 is 0 Å². The third kappa shape index (κ3) is 4.83. The van der Waals surface area contributed by atoms with Crippen LogP contribution < -0.4 is 5.32 Å². The highest BCUT2D eigenvalue weighted by Gasteiger charge is 2.30. The van der Waals surface area contributed by atoms with Crippen LogP contribution in [-0.2, 0) is 16.0 Å². The molecule has 1 saturated carbocycles. The van der Waals surface area contributed by atoms with E-state index in [-0.39, 0.29) is 41.6 Å². The average Bonchev–Trinajstić information content (AvgIpc) is 2.67. The number of amides is 1. The molecule has 3 nitrogen and oxygen atoms in total. The van der Waals surface area contributed by atoms with Gasteiger partial charge >= 0.3 is 0 Å². The summed E-state index contributed by atoms with van der Waals surface area (Å²) in [6.45, 7) is 3.36. The maximum Gasteiger partial charge on any atom is 0.227 e. The zero-order chi connectivity index (χ0) is 20.3. The molecule has 1 fully saturated rings. The number of anilines is 1. The Balaban J connectivity index is 1.51. The molecule has 5 heteroatoms. The molecule has 0 bridgehead atoms. The first-order valence-electron chi connectivity index (χ1n) is 9.68. The van der Waals surface area contributed by atoms with Crippen molar-refractivity contribution in [2.45, 2.75) is 46.0 Å². The Morgan fingerprint density at radius 1 is 0.893 bits per heavy atom. The van der Waals surface area contributed by atoms with Gasteiger partial charge in [0.25, 0.3) is 0 Å². The average molecular weight is 385 g/mol. The number of carbonyl (C=O) groups is 2. The predicted octanol–water partition coefficient (Wildman–Crippen LogP) is 5.14. The van der Waals surface area contributed by atoms with Gasteiger partial charge in [0.05, 0.1) is 0 Å².